The van der Waals surface area contributed by atoms with Gasteiger partial charge in [-0.1, -0.05) is 24.4 Å². The van der Waals surface area contributed by atoms with Crippen LogP contribution in [0, 0.1) is 0 Å². The Balaban J connectivity index is 1.49. The van der Waals surface area contributed by atoms with Crippen molar-refractivity contribution in [2.24, 2.45) is 0 Å². The normalized spacial score (nSPS) is 25.9. The summed E-state index contributed by atoms with van der Waals surface area (Å²) in [5, 5.41) is 7.55. The molecule has 1 aromatic heterocycles. The van der Waals surface area contributed by atoms with Crippen molar-refractivity contribution in [2.45, 2.75) is 76.5 Å². The molecule has 2 atom stereocenters. The van der Waals surface area contributed by atoms with Crippen LogP contribution in [-0.4, -0.2) is 28.9 Å². The van der Waals surface area contributed by atoms with Gasteiger partial charge in [-0.05, 0) is 32.6 Å². The van der Waals surface area contributed by atoms with Crippen LogP contribution < -0.4 is 5.32 Å². The van der Waals surface area contributed by atoms with Gasteiger partial charge in [-0.25, -0.2) is 0 Å². The maximum Gasteiger partial charge on any atom is 0.229 e. The van der Waals surface area contributed by atoms with E-state index in [0.29, 0.717) is 24.6 Å². The van der Waals surface area contributed by atoms with Gasteiger partial charge in [0.1, 0.15) is 0 Å². The molecule has 1 aliphatic heterocycles. The number of ether oxygens (including phenoxy) is 1. The fourth-order valence-electron chi connectivity index (χ4n) is 3.24. The van der Waals surface area contributed by atoms with Crippen LogP contribution in [0.3, 0.4) is 0 Å². The summed E-state index contributed by atoms with van der Waals surface area (Å²) < 4.78 is 11.1. The summed E-state index contributed by atoms with van der Waals surface area (Å²) in [6.45, 7) is 3.72. The Labute approximate surface area is 120 Å². The Morgan fingerprint density at radius 3 is 2.80 bits per heavy atom. The number of nitrogens with zero attached hydrogens (tertiary/aromatic N) is 2. The van der Waals surface area contributed by atoms with Crippen LogP contribution in [0.4, 0.5) is 0 Å². The second kappa shape index (κ2) is 6.68. The molecular weight excluding hydrogens is 254 g/mol. The first-order valence-electron chi connectivity index (χ1n) is 8.00. The van der Waals surface area contributed by atoms with Crippen molar-refractivity contribution >= 4 is 0 Å². The Morgan fingerprint density at radius 2 is 2.05 bits per heavy atom. The highest BCUT2D eigenvalue weighted by molar-refractivity contribution is 4.95. The van der Waals surface area contributed by atoms with Crippen molar-refractivity contribution in [1.29, 1.82) is 0 Å². The molecule has 0 aromatic carbocycles. The standard InChI is InChI=1S/C15H25N3O2/c1-11(13-8-5-9-19-13)16-10-14-17-15(20-18-14)12-6-3-2-4-7-12/h11-13,16H,2-10H2,1H3/t11-,13-/m0/s1. The molecule has 3 rings (SSSR count). The van der Waals surface area contributed by atoms with Crippen molar-refractivity contribution in [1.82, 2.24) is 15.5 Å². The summed E-state index contributed by atoms with van der Waals surface area (Å²) in [4.78, 5) is 4.55. The minimum atomic E-state index is 0.333. The molecule has 5 nitrogen and oxygen atoms in total. The third-order valence-corrected chi connectivity index (χ3v) is 4.54. The molecule has 5 heteroatoms. The third kappa shape index (κ3) is 3.38. The van der Waals surface area contributed by atoms with E-state index in [2.05, 4.69) is 22.4 Å². The fraction of sp³-hybridized carbons (Fsp3) is 0.867. The van der Waals surface area contributed by atoms with Gasteiger partial charge in [-0.15, -0.1) is 0 Å². The van der Waals surface area contributed by atoms with Crippen LogP contribution in [0.2, 0.25) is 0 Å². The summed E-state index contributed by atoms with van der Waals surface area (Å²) in [5.41, 5.74) is 0. The molecular formula is C15H25N3O2. The number of nitrogens with one attached hydrogen (secondary N) is 1. The van der Waals surface area contributed by atoms with Gasteiger partial charge in [0, 0.05) is 18.6 Å². The Hall–Kier alpha value is -0.940. The largest absolute Gasteiger partial charge is 0.377 e. The van der Waals surface area contributed by atoms with Crippen LogP contribution >= 0.6 is 0 Å². The van der Waals surface area contributed by atoms with E-state index in [1.807, 2.05) is 0 Å². The highest BCUT2D eigenvalue weighted by Crippen LogP contribution is 2.31. The van der Waals surface area contributed by atoms with Crippen LogP contribution in [0.5, 0.6) is 0 Å². The molecule has 1 aliphatic carbocycles. The van der Waals surface area contributed by atoms with Gasteiger partial charge in [0.25, 0.3) is 0 Å². The molecule has 2 fully saturated rings. The summed E-state index contributed by atoms with van der Waals surface area (Å²) in [7, 11) is 0. The second-order valence-electron chi connectivity index (χ2n) is 6.10. The number of rotatable bonds is 5. The molecule has 2 heterocycles. The monoisotopic (exact) mass is 279 g/mol. The Morgan fingerprint density at radius 1 is 1.20 bits per heavy atom. The first-order valence-corrected chi connectivity index (χ1v) is 8.00. The fourth-order valence-corrected chi connectivity index (χ4v) is 3.24. The average Bonchev–Trinajstić information content (AvgIpc) is 3.17. The number of hydrogen-bond acceptors (Lipinski definition) is 5. The van der Waals surface area contributed by atoms with Gasteiger partial charge in [-0.2, -0.15) is 4.98 Å². The minimum absolute atomic E-state index is 0.333. The molecule has 1 saturated carbocycles. The summed E-state index contributed by atoms with van der Waals surface area (Å²) >= 11 is 0. The zero-order valence-corrected chi connectivity index (χ0v) is 12.3. The topological polar surface area (TPSA) is 60.2 Å². The Bertz CT molecular complexity index is 409. The zero-order valence-electron chi connectivity index (χ0n) is 12.3. The van der Waals surface area contributed by atoms with Crippen LogP contribution in [0.15, 0.2) is 4.52 Å². The van der Waals surface area contributed by atoms with E-state index in [0.717, 1.165) is 24.7 Å². The lowest BCUT2D eigenvalue weighted by atomic mass is 9.89. The van der Waals surface area contributed by atoms with Crippen molar-refractivity contribution < 1.29 is 9.26 Å². The molecule has 1 N–H and O–H groups in total. The van der Waals surface area contributed by atoms with Gasteiger partial charge < -0.3 is 14.6 Å². The highest BCUT2D eigenvalue weighted by Gasteiger charge is 2.24. The van der Waals surface area contributed by atoms with Crippen LogP contribution in [0.25, 0.3) is 0 Å². The van der Waals surface area contributed by atoms with Crippen molar-refractivity contribution in [3.63, 3.8) is 0 Å². The first kappa shape index (κ1) is 14.0. The highest BCUT2D eigenvalue weighted by atomic mass is 16.5. The summed E-state index contributed by atoms with van der Waals surface area (Å²) in [6.07, 6.45) is 8.96. The molecule has 112 valence electrons. The van der Waals surface area contributed by atoms with Crippen molar-refractivity contribution in [2.75, 3.05) is 6.61 Å². The van der Waals surface area contributed by atoms with E-state index < -0.39 is 0 Å². The summed E-state index contributed by atoms with van der Waals surface area (Å²) in [6, 6.07) is 0.342. The molecule has 20 heavy (non-hydrogen) atoms. The molecule has 0 amide bonds. The molecule has 0 spiro atoms. The minimum Gasteiger partial charge on any atom is -0.377 e. The van der Waals surface area contributed by atoms with Gasteiger partial charge in [0.15, 0.2) is 5.82 Å². The van der Waals surface area contributed by atoms with Crippen molar-refractivity contribution in [3.8, 4) is 0 Å². The lowest BCUT2D eigenvalue weighted by molar-refractivity contribution is 0.0829. The van der Waals surface area contributed by atoms with E-state index in [-0.39, 0.29) is 0 Å². The maximum atomic E-state index is 5.68. The SMILES string of the molecule is C[C@H](NCc1noc(C2CCCCC2)n1)[C@@H]1CCCO1. The lowest BCUT2D eigenvalue weighted by Gasteiger charge is -2.19. The van der Waals surface area contributed by atoms with E-state index in [9.17, 15) is 0 Å². The predicted octanol–water partition coefficient (Wildman–Crippen LogP) is 2.77. The summed E-state index contributed by atoms with van der Waals surface area (Å²) in [5.74, 6) is 2.10. The molecule has 2 aliphatic rings. The first-order chi connectivity index (χ1) is 9.83. The van der Waals surface area contributed by atoms with Gasteiger partial charge in [0.2, 0.25) is 5.89 Å². The molecule has 1 saturated heterocycles. The van der Waals surface area contributed by atoms with Crippen LogP contribution in [-0.2, 0) is 11.3 Å². The second-order valence-corrected chi connectivity index (χ2v) is 6.10. The molecule has 0 unspecified atom stereocenters. The average molecular weight is 279 g/mol. The smallest absolute Gasteiger partial charge is 0.229 e. The van der Waals surface area contributed by atoms with Gasteiger partial charge in [0.05, 0.1) is 12.6 Å². The zero-order chi connectivity index (χ0) is 13.8. The molecule has 1 aromatic rings. The predicted molar refractivity (Wildman–Crippen MR) is 75.4 cm³/mol. The van der Waals surface area contributed by atoms with Crippen LogP contribution in [0.1, 0.15) is 69.5 Å². The van der Waals surface area contributed by atoms with E-state index in [1.54, 1.807) is 0 Å². The van der Waals surface area contributed by atoms with Crippen molar-refractivity contribution in [3.05, 3.63) is 11.7 Å². The van der Waals surface area contributed by atoms with E-state index in [1.165, 1.54) is 38.5 Å². The van der Waals surface area contributed by atoms with E-state index >= 15 is 0 Å². The maximum absolute atomic E-state index is 5.68. The van der Waals surface area contributed by atoms with Gasteiger partial charge >= 0.3 is 0 Å². The Kier molecular flexibility index (Phi) is 4.68. The lowest BCUT2D eigenvalue weighted by Crippen LogP contribution is -2.36. The molecule has 0 bridgehead atoms. The van der Waals surface area contributed by atoms with E-state index in [4.69, 9.17) is 9.26 Å². The van der Waals surface area contributed by atoms with Gasteiger partial charge in [-0.3, -0.25) is 0 Å². The quantitative estimate of drug-likeness (QED) is 0.898. The molecule has 0 radical (unpaired) electrons. The number of aromatic nitrogens is 2. The third-order valence-electron chi connectivity index (χ3n) is 4.54. The number of hydrogen-bond donors (Lipinski definition) is 1.